The van der Waals surface area contributed by atoms with Crippen LogP contribution >= 0.6 is 11.8 Å². The Kier molecular flexibility index (Phi) is 6.61. The molecule has 1 aromatic carbocycles. The van der Waals surface area contributed by atoms with Gasteiger partial charge in [-0.2, -0.15) is 0 Å². The van der Waals surface area contributed by atoms with E-state index in [4.69, 9.17) is 5.11 Å². The molecular weight excluding hydrogens is 300 g/mol. The van der Waals surface area contributed by atoms with Crippen molar-refractivity contribution < 1.29 is 23.5 Å². The standard InChI is InChI=1S/C14H17F2NO3S/c1-8(2)12(6-14(19)20)17-13(18)7-21-9-3-4-10(15)11(16)5-9/h3-5,8,12H,6-7H2,1-2H3,(H,17,18)(H,19,20). The normalized spacial score (nSPS) is 12.2. The minimum absolute atomic E-state index is 0.00785. The summed E-state index contributed by atoms with van der Waals surface area (Å²) in [5.74, 6) is -3.24. The summed E-state index contributed by atoms with van der Waals surface area (Å²) in [6.45, 7) is 3.63. The minimum Gasteiger partial charge on any atom is -0.481 e. The quantitative estimate of drug-likeness (QED) is 0.759. The van der Waals surface area contributed by atoms with E-state index < -0.39 is 23.6 Å². The molecule has 0 saturated carbocycles. The van der Waals surface area contributed by atoms with E-state index in [9.17, 15) is 18.4 Å². The third-order valence-electron chi connectivity index (χ3n) is 2.81. The van der Waals surface area contributed by atoms with Crippen LogP contribution in [0.15, 0.2) is 23.1 Å². The number of carbonyl (C=O) groups is 2. The first kappa shape index (κ1) is 17.4. The van der Waals surface area contributed by atoms with E-state index in [1.807, 2.05) is 13.8 Å². The molecule has 21 heavy (non-hydrogen) atoms. The van der Waals surface area contributed by atoms with Crippen molar-refractivity contribution in [2.45, 2.75) is 31.2 Å². The Balaban J connectivity index is 2.52. The summed E-state index contributed by atoms with van der Waals surface area (Å²) in [4.78, 5) is 22.9. The molecule has 1 atom stereocenters. The molecule has 1 unspecified atom stereocenters. The van der Waals surface area contributed by atoms with Gasteiger partial charge < -0.3 is 10.4 Å². The van der Waals surface area contributed by atoms with Crippen molar-refractivity contribution >= 4 is 23.6 Å². The summed E-state index contributed by atoms with van der Waals surface area (Å²) in [7, 11) is 0. The second-order valence-corrected chi connectivity index (χ2v) is 5.93. The molecule has 0 saturated heterocycles. The first-order valence-corrected chi connectivity index (χ1v) is 7.37. The summed E-state index contributed by atoms with van der Waals surface area (Å²) < 4.78 is 25.8. The fraction of sp³-hybridized carbons (Fsp3) is 0.429. The number of nitrogens with one attached hydrogen (secondary N) is 1. The smallest absolute Gasteiger partial charge is 0.305 e. The van der Waals surface area contributed by atoms with Crippen molar-refractivity contribution in [2.75, 3.05) is 5.75 Å². The minimum atomic E-state index is -0.984. The molecule has 0 aliphatic heterocycles. The molecule has 1 rings (SSSR count). The topological polar surface area (TPSA) is 66.4 Å². The van der Waals surface area contributed by atoms with Crippen molar-refractivity contribution in [1.82, 2.24) is 5.32 Å². The predicted octanol–water partition coefficient (Wildman–Crippen LogP) is 2.67. The maximum atomic E-state index is 13.0. The zero-order valence-electron chi connectivity index (χ0n) is 11.7. The first-order valence-electron chi connectivity index (χ1n) is 6.38. The van der Waals surface area contributed by atoms with Gasteiger partial charge in [0.05, 0.1) is 12.2 Å². The second-order valence-electron chi connectivity index (χ2n) is 4.88. The van der Waals surface area contributed by atoms with Gasteiger partial charge in [0.25, 0.3) is 0 Å². The third-order valence-corrected chi connectivity index (χ3v) is 3.80. The van der Waals surface area contributed by atoms with Crippen LogP contribution in [0.1, 0.15) is 20.3 Å². The van der Waals surface area contributed by atoms with Crippen molar-refractivity contribution in [3.05, 3.63) is 29.8 Å². The molecule has 0 aliphatic carbocycles. The maximum absolute atomic E-state index is 13.0. The number of carboxylic acid groups (broad SMARTS) is 1. The van der Waals surface area contributed by atoms with Crippen molar-refractivity contribution in [3.63, 3.8) is 0 Å². The van der Waals surface area contributed by atoms with E-state index in [0.29, 0.717) is 4.90 Å². The fourth-order valence-corrected chi connectivity index (χ4v) is 2.34. The monoisotopic (exact) mass is 317 g/mol. The van der Waals surface area contributed by atoms with Crippen molar-refractivity contribution in [2.24, 2.45) is 5.92 Å². The molecule has 7 heteroatoms. The molecule has 0 bridgehead atoms. The molecule has 4 nitrogen and oxygen atoms in total. The van der Waals surface area contributed by atoms with E-state index in [-0.39, 0.29) is 24.0 Å². The van der Waals surface area contributed by atoms with Crippen LogP contribution in [0.4, 0.5) is 8.78 Å². The number of aliphatic carboxylic acids is 1. The van der Waals surface area contributed by atoms with Gasteiger partial charge in [0, 0.05) is 10.9 Å². The van der Waals surface area contributed by atoms with Gasteiger partial charge in [0.1, 0.15) is 0 Å². The Morgan fingerprint density at radius 1 is 1.29 bits per heavy atom. The number of halogens is 2. The van der Waals surface area contributed by atoms with E-state index in [2.05, 4.69) is 5.32 Å². The Labute approximate surface area is 125 Å². The second kappa shape index (κ2) is 7.97. The van der Waals surface area contributed by atoms with Gasteiger partial charge in [-0.3, -0.25) is 9.59 Å². The number of rotatable bonds is 7. The van der Waals surface area contributed by atoms with Gasteiger partial charge in [0.15, 0.2) is 11.6 Å². The maximum Gasteiger partial charge on any atom is 0.305 e. The lowest BCUT2D eigenvalue weighted by Gasteiger charge is -2.20. The third kappa shape index (κ3) is 6.12. The van der Waals surface area contributed by atoms with E-state index in [1.54, 1.807) is 0 Å². The van der Waals surface area contributed by atoms with Crippen molar-refractivity contribution in [3.8, 4) is 0 Å². The molecule has 0 heterocycles. The highest BCUT2D eigenvalue weighted by molar-refractivity contribution is 8.00. The number of benzene rings is 1. The summed E-state index contributed by atoms with van der Waals surface area (Å²) in [5.41, 5.74) is 0. The fourth-order valence-electron chi connectivity index (χ4n) is 1.61. The first-order chi connectivity index (χ1) is 9.79. The van der Waals surface area contributed by atoms with Gasteiger partial charge in [0.2, 0.25) is 5.91 Å². The number of carbonyl (C=O) groups excluding carboxylic acids is 1. The molecule has 0 spiro atoms. The summed E-state index contributed by atoms with van der Waals surface area (Å²) in [5, 5.41) is 11.4. The highest BCUT2D eigenvalue weighted by Gasteiger charge is 2.19. The number of hydrogen-bond acceptors (Lipinski definition) is 3. The summed E-state index contributed by atoms with van der Waals surface area (Å²) in [6.07, 6.45) is -0.154. The van der Waals surface area contributed by atoms with E-state index in [1.165, 1.54) is 6.07 Å². The summed E-state index contributed by atoms with van der Waals surface area (Å²) in [6, 6.07) is 2.94. The lowest BCUT2D eigenvalue weighted by Crippen LogP contribution is -2.40. The molecule has 1 aromatic rings. The van der Waals surface area contributed by atoms with Crippen LogP contribution in [0, 0.1) is 17.6 Å². The lowest BCUT2D eigenvalue weighted by molar-refractivity contribution is -0.138. The molecule has 0 fully saturated rings. The Morgan fingerprint density at radius 3 is 2.48 bits per heavy atom. The predicted molar refractivity (Wildman–Crippen MR) is 76.1 cm³/mol. The highest BCUT2D eigenvalue weighted by atomic mass is 32.2. The van der Waals surface area contributed by atoms with Crippen LogP contribution < -0.4 is 5.32 Å². The molecule has 2 N–H and O–H groups in total. The lowest BCUT2D eigenvalue weighted by atomic mass is 10.0. The van der Waals surface area contributed by atoms with Crippen LogP contribution in [-0.4, -0.2) is 28.8 Å². The molecule has 1 amide bonds. The van der Waals surface area contributed by atoms with Crippen molar-refractivity contribution in [1.29, 1.82) is 0 Å². The molecule has 0 aromatic heterocycles. The number of thioether (sulfide) groups is 1. The zero-order valence-corrected chi connectivity index (χ0v) is 12.5. The number of hydrogen-bond donors (Lipinski definition) is 2. The van der Waals surface area contributed by atoms with Crippen LogP contribution in [0.5, 0.6) is 0 Å². The average molecular weight is 317 g/mol. The largest absolute Gasteiger partial charge is 0.481 e. The molecule has 0 aliphatic rings. The Hall–Kier alpha value is -1.63. The molecule has 116 valence electrons. The number of carboxylic acids is 1. The van der Waals surface area contributed by atoms with Crippen LogP contribution in [-0.2, 0) is 9.59 Å². The van der Waals surface area contributed by atoms with Crippen LogP contribution in [0.25, 0.3) is 0 Å². The average Bonchev–Trinajstić information content (AvgIpc) is 2.38. The van der Waals surface area contributed by atoms with E-state index >= 15 is 0 Å². The van der Waals surface area contributed by atoms with Crippen LogP contribution in [0.2, 0.25) is 0 Å². The van der Waals surface area contributed by atoms with Gasteiger partial charge >= 0.3 is 5.97 Å². The number of amides is 1. The molecule has 0 radical (unpaired) electrons. The van der Waals surface area contributed by atoms with Gasteiger partial charge in [-0.05, 0) is 24.1 Å². The Bertz CT molecular complexity index is 523. The SMILES string of the molecule is CC(C)C(CC(=O)O)NC(=O)CSc1ccc(F)c(F)c1. The van der Waals surface area contributed by atoms with Gasteiger partial charge in [-0.25, -0.2) is 8.78 Å². The Morgan fingerprint density at radius 2 is 1.95 bits per heavy atom. The van der Waals surface area contributed by atoms with Gasteiger partial charge in [-0.15, -0.1) is 11.8 Å². The molecular formula is C14H17F2NO3S. The zero-order chi connectivity index (χ0) is 16.0. The van der Waals surface area contributed by atoms with Gasteiger partial charge in [-0.1, -0.05) is 13.8 Å². The highest BCUT2D eigenvalue weighted by Crippen LogP contribution is 2.20. The summed E-state index contributed by atoms with van der Waals surface area (Å²) >= 11 is 1.06. The van der Waals surface area contributed by atoms with E-state index in [0.717, 1.165) is 23.9 Å². The van der Waals surface area contributed by atoms with Crippen LogP contribution in [0.3, 0.4) is 0 Å².